The first-order chi connectivity index (χ1) is 16.7. The fourth-order valence-corrected chi connectivity index (χ4v) is 4.31. The summed E-state index contributed by atoms with van der Waals surface area (Å²) < 4.78 is 44.2. The number of methoxy groups -OCH3 is 1. The first-order valence-electron chi connectivity index (χ1n) is 10.3. The maximum Gasteiger partial charge on any atom is 0.294 e. The van der Waals surface area contributed by atoms with Crippen LogP contribution in [0.25, 0.3) is 11.0 Å². The minimum absolute atomic E-state index is 0.0830. The third kappa shape index (κ3) is 3.64. The minimum atomic E-state index is -1.27. The standard InChI is InChI=1S/C25H16ClF2NO6/c1-11-3-6-17(34-11)21-20(23(31)25(32)29(21)14-4-5-15(27)16(28)10-14)22(30)18-8-12-7-13(26)9-19(33-2)24(12)35-18/h3-10,21,31H,1-2H3. The zero-order chi connectivity index (χ0) is 25.0. The van der Waals surface area contributed by atoms with E-state index in [-0.39, 0.29) is 34.1 Å². The molecule has 2 aromatic heterocycles. The number of amides is 1. The van der Waals surface area contributed by atoms with Crippen molar-refractivity contribution < 1.29 is 37.0 Å². The zero-order valence-electron chi connectivity index (χ0n) is 18.3. The topological polar surface area (TPSA) is 93.1 Å². The molecule has 1 aliphatic heterocycles. The maximum atomic E-state index is 14.0. The predicted octanol–water partition coefficient (Wildman–Crippen LogP) is 6.06. The first-order valence-corrected chi connectivity index (χ1v) is 10.7. The largest absolute Gasteiger partial charge is 0.503 e. The number of nitrogens with zero attached hydrogens (tertiary/aromatic N) is 1. The number of ketones is 1. The lowest BCUT2D eigenvalue weighted by molar-refractivity contribution is -0.117. The Bertz CT molecular complexity index is 1550. The van der Waals surface area contributed by atoms with Crippen LogP contribution in [0.2, 0.25) is 5.02 Å². The molecule has 1 aliphatic rings. The highest BCUT2D eigenvalue weighted by Gasteiger charge is 2.47. The molecule has 1 N–H and O–H groups in total. The molecule has 0 radical (unpaired) electrons. The number of hydrogen-bond donors (Lipinski definition) is 1. The highest BCUT2D eigenvalue weighted by atomic mass is 35.5. The number of furan rings is 2. The van der Waals surface area contributed by atoms with Crippen molar-refractivity contribution in [3.63, 3.8) is 0 Å². The second kappa shape index (κ2) is 8.28. The van der Waals surface area contributed by atoms with E-state index >= 15 is 0 Å². The second-order valence-corrected chi connectivity index (χ2v) is 8.29. The number of anilines is 1. The van der Waals surface area contributed by atoms with E-state index in [4.69, 9.17) is 25.2 Å². The molecule has 3 heterocycles. The molecular formula is C25H16ClF2NO6. The molecule has 4 aromatic rings. The Labute approximate surface area is 201 Å². The molecule has 1 atom stereocenters. The van der Waals surface area contributed by atoms with E-state index in [1.807, 2.05) is 0 Å². The average Bonchev–Trinajstić information content (AvgIpc) is 3.51. The number of aliphatic hydroxyl groups is 1. The van der Waals surface area contributed by atoms with E-state index in [1.54, 1.807) is 19.1 Å². The molecule has 0 aliphatic carbocycles. The molecular weight excluding hydrogens is 484 g/mol. The molecule has 0 spiro atoms. The fraction of sp³-hybridized carbons (Fsp3) is 0.120. The maximum absolute atomic E-state index is 14.0. The molecule has 35 heavy (non-hydrogen) atoms. The number of ether oxygens (including phenoxy) is 1. The van der Waals surface area contributed by atoms with Crippen molar-refractivity contribution in [2.45, 2.75) is 13.0 Å². The van der Waals surface area contributed by atoms with Crippen LogP contribution in [-0.2, 0) is 4.79 Å². The summed E-state index contributed by atoms with van der Waals surface area (Å²) in [5.74, 6) is -4.30. The van der Waals surface area contributed by atoms with Crippen molar-refractivity contribution in [3.05, 3.63) is 93.8 Å². The van der Waals surface area contributed by atoms with Gasteiger partial charge in [0.15, 0.2) is 34.5 Å². The van der Waals surface area contributed by atoms with Crippen LogP contribution in [0, 0.1) is 18.6 Å². The molecule has 0 fully saturated rings. The summed E-state index contributed by atoms with van der Waals surface area (Å²) in [4.78, 5) is 27.7. The monoisotopic (exact) mass is 499 g/mol. The first kappa shape index (κ1) is 22.7. The summed E-state index contributed by atoms with van der Waals surface area (Å²) in [6.45, 7) is 1.66. The van der Waals surface area contributed by atoms with E-state index in [0.717, 1.165) is 23.1 Å². The summed E-state index contributed by atoms with van der Waals surface area (Å²) in [6, 6.07) is 9.13. The SMILES string of the molecule is COc1cc(Cl)cc2cc(C(=O)C3=C(O)C(=O)N(c4ccc(F)c(F)c4)C3c3ccc(C)o3)oc12. The highest BCUT2D eigenvalue weighted by Crippen LogP contribution is 2.43. The van der Waals surface area contributed by atoms with Crippen molar-refractivity contribution in [3.8, 4) is 5.75 Å². The van der Waals surface area contributed by atoms with Crippen LogP contribution >= 0.6 is 11.6 Å². The smallest absolute Gasteiger partial charge is 0.294 e. The number of hydrogen-bond acceptors (Lipinski definition) is 6. The lowest BCUT2D eigenvalue weighted by Crippen LogP contribution is -2.31. The Morgan fingerprint density at radius 1 is 1.09 bits per heavy atom. The van der Waals surface area contributed by atoms with Gasteiger partial charge in [0.25, 0.3) is 5.91 Å². The Kier molecular flexibility index (Phi) is 5.36. The second-order valence-electron chi connectivity index (χ2n) is 7.85. The molecule has 5 rings (SSSR count). The Hall–Kier alpha value is -4.11. The van der Waals surface area contributed by atoms with Crippen LogP contribution in [0.1, 0.15) is 28.1 Å². The number of fused-ring (bicyclic) bond motifs is 1. The number of halogens is 3. The van der Waals surface area contributed by atoms with Gasteiger partial charge in [0.2, 0.25) is 5.78 Å². The van der Waals surface area contributed by atoms with Crippen LogP contribution in [0.5, 0.6) is 5.75 Å². The molecule has 7 nitrogen and oxygen atoms in total. The summed E-state index contributed by atoms with van der Waals surface area (Å²) in [6.07, 6.45) is 0. The van der Waals surface area contributed by atoms with Gasteiger partial charge in [-0.1, -0.05) is 11.6 Å². The lowest BCUT2D eigenvalue weighted by Gasteiger charge is -2.24. The summed E-state index contributed by atoms with van der Waals surface area (Å²) in [5, 5.41) is 11.6. The molecule has 0 bridgehead atoms. The van der Waals surface area contributed by atoms with Crippen molar-refractivity contribution in [2.24, 2.45) is 0 Å². The number of benzene rings is 2. The molecule has 2 aromatic carbocycles. The van der Waals surface area contributed by atoms with Crippen molar-refractivity contribution in [1.82, 2.24) is 0 Å². The number of carbonyl (C=O) groups is 2. The van der Waals surface area contributed by atoms with Gasteiger partial charge < -0.3 is 18.7 Å². The number of aryl methyl sites for hydroxylation is 1. The molecule has 0 saturated carbocycles. The van der Waals surface area contributed by atoms with Gasteiger partial charge in [-0.05, 0) is 43.3 Å². The van der Waals surface area contributed by atoms with Crippen LogP contribution < -0.4 is 9.64 Å². The number of Topliss-reactive ketones (excluding diaryl/α,β-unsaturated/α-hetero) is 1. The highest BCUT2D eigenvalue weighted by molar-refractivity contribution is 6.31. The van der Waals surface area contributed by atoms with Gasteiger partial charge in [0, 0.05) is 28.2 Å². The van der Waals surface area contributed by atoms with Gasteiger partial charge in [-0.2, -0.15) is 0 Å². The summed E-state index contributed by atoms with van der Waals surface area (Å²) in [7, 11) is 1.41. The lowest BCUT2D eigenvalue weighted by atomic mass is 9.99. The molecule has 10 heteroatoms. The summed E-state index contributed by atoms with van der Waals surface area (Å²) >= 11 is 6.10. The van der Waals surface area contributed by atoms with Gasteiger partial charge in [0.1, 0.15) is 17.6 Å². The van der Waals surface area contributed by atoms with E-state index in [1.165, 1.54) is 25.3 Å². The summed E-state index contributed by atoms with van der Waals surface area (Å²) in [5.41, 5.74) is -0.189. The third-order valence-corrected chi connectivity index (χ3v) is 5.87. The van der Waals surface area contributed by atoms with Gasteiger partial charge in [-0.25, -0.2) is 8.78 Å². The van der Waals surface area contributed by atoms with Crippen LogP contribution in [0.15, 0.2) is 68.7 Å². The fourth-order valence-electron chi connectivity index (χ4n) is 4.09. The molecule has 0 saturated heterocycles. The zero-order valence-corrected chi connectivity index (χ0v) is 19.0. The van der Waals surface area contributed by atoms with Gasteiger partial charge in [-0.3, -0.25) is 14.5 Å². The molecule has 178 valence electrons. The third-order valence-electron chi connectivity index (χ3n) is 5.66. The molecule has 1 amide bonds. The number of rotatable bonds is 5. The van der Waals surface area contributed by atoms with Gasteiger partial charge in [0.05, 0.1) is 12.7 Å². The van der Waals surface area contributed by atoms with E-state index < -0.39 is 35.1 Å². The predicted molar refractivity (Wildman–Crippen MR) is 122 cm³/mol. The van der Waals surface area contributed by atoms with E-state index in [2.05, 4.69) is 0 Å². The van der Waals surface area contributed by atoms with Crippen molar-refractivity contribution >= 4 is 39.9 Å². The van der Waals surface area contributed by atoms with Gasteiger partial charge in [-0.15, -0.1) is 0 Å². The van der Waals surface area contributed by atoms with Crippen LogP contribution in [0.4, 0.5) is 14.5 Å². The molecule has 1 unspecified atom stereocenters. The van der Waals surface area contributed by atoms with Crippen molar-refractivity contribution in [2.75, 3.05) is 12.0 Å². The van der Waals surface area contributed by atoms with Gasteiger partial charge >= 0.3 is 0 Å². The van der Waals surface area contributed by atoms with Crippen molar-refractivity contribution in [1.29, 1.82) is 0 Å². The normalized spacial score (nSPS) is 16.0. The van der Waals surface area contributed by atoms with E-state index in [0.29, 0.717) is 16.2 Å². The average molecular weight is 500 g/mol. The Morgan fingerprint density at radius 3 is 2.51 bits per heavy atom. The van der Waals surface area contributed by atoms with Crippen LogP contribution in [-0.4, -0.2) is 23.9 Å². The van der Waals surface area contributed by atoms with E-state index in [9.17, 15) is 23.5 Å². The Morgan fingerprint density at radius 2 is 1.86 bits per heavy atom. The van der Waals surface area contributed by atoms with Crippen LogP contribution in [0.3, 0.4) is 0 Å². The Balaban J connectivity index is 1.66. The number of carbonyl (C=O) groups excluding carboxylic acids is 2. The quantitative estimate of drug-likeness (QED) is 0.336. The minimum Gasteiger partial charge on any atom is -0.503 e. The number of aliphatic hydroxyl groups excluding tert-OH is 1.